The molecule has 0 radical (unpaired) electrons. The van der Waals surface area contributed by atoms with Crippen molar-refractivity contribution in [1.82, 2.24) is 25.0 Å². The summed E-state index contributed by atoms with van der Waals surface area (Å²) in [6, 6.07) is 6.39. The normalized spacial score (nSPS) is 16.8. The summed E-state index contributed by atoms with van der Waals surface area (Å²) in [7, 11) is 0. The number of carbonyl (C=O) groups is 1. The fraction of sp³-hybridized carbons (Fsp3) is 0.278. The number of hydrogen-bond donors (Lipinski definition) is 0. The summed E-state index contributed by atoms with van der Waals surface area (Å²) in [6.07, 6.45) is 0.196. The van der Waals surface area contributed by atoms with E-state index in [0.29, 0.717) is 30.8 Å². The number of pyridine rings is 2. The molecule has 8 nitrogen and oxygen atoms in total. The minimum Gasteiger partial charge on any atom is -0.487 e. The lowest BCUT2D eigenvalue weighted by atomic mass is 10.2. The molecule has 1 saturated heterocycles. The number of carbonyl (C=O) groups excluding carboxylic acids is 1. The first kappa shape index (κ1) is 18.8. The van der Waals surface area contributed by atoms with Gasteiger partial charge in [0.15, 0.2) is 0 Å². The average molecular weight is 405 g/mol. The standard InChI is InChI=1S/C18H14F3N5O3/c19-18(20,21)17-24-15(25-29-17)14-4-3-12(9-23-14)28-13-5-7-26(10-13)16(27)11-2-1-6-22-8-11/h1-4,6,8-9,13H,5,7,10H2/t13-/m1/s1. The molecular formula is C18H14F3N5O3. The first-order chi connectivity index (χ1) is 13.9. The van der Waals surface area contributed by atoms with Gasteiger partial charge in [-0.2, -0.15) is 18.2 Å². The van der Waals surface area contributed by atoms with Crippen LogP contribution in [0.15, 0.2) is 47.4 Å². The molecule has 150 valence electrons. The molecular weight excluding hydrogens is 391 g/mol. The van der Waals surface area contributed by atoms with Crippen LogP contribution in [0.4, 0.5) is 13.2 Å². The predicted octanol–water partition coefficient (Wildman–Crippen LogP) is 2.84. The van der Waals surface area contributed by atoms with Crippen molar-refractivity contribution >= 4 is 5.91 Å². The maximum absolute atomic E-state index is 12.5. The fourth-order valence-electron chi connectivity index (χ4n) is 2.90. The third-order valence-electron chi connectivity index (χ3n) is 4.28. The molecule has 0 unspecified atom stereocenters. The number of aromatic nitrogens is 4. The van der Waals surface area contributed by atoms with Crippen LogP contribution < -0.4 is 4.74 Å². The van der Waals surface area contributed by atoms with E-state index in [0.717, 1.165) is 0 Å². The molecule has 0 bridgehead atoms. The molecule has 4 heterocycles. The van der Waals surface area contributed by atoms with Gasteiger partial charge in [0.05, 0.1) is 18.3 Å². The largest absolute Gasteiger partial charge is 0.487 e. The maximum atomic E-state index is 12.5. The maximum Gasteiger partial charge on any atom is 0.471 e. The highest BCUT2D eigenvalue weighted by Gasteiger charge is 2.38. The smallest absolute Gasteiger partial charge is 0.471 e. The number of halogens is 3. The highest BCUT2D eigenvalue weighted by molar-refractivity contribution is 5.94. The zero-order valence-corrected chi connectivity index (χ0v) is 14.8. The molecule has 0 aromatic carbocycles. The van der Waals surface area contributed by atoms with E-state index in [1.807, 2.05) is 0 Å². The second-order valence-electron chi connectivity index (χ2n) is 6.32. The Morgan fingerprint density at radius 3 is 2.76 bits per heavy atom. The van der Waals surface area contributed by atoms with Gasteiger partial charge in [-0.15, -0.1) is 0 Å². The van der Waals surface area contributed by atoms with Gasteiger partial charge < -0.3 is 14.2 Å². The summed E-state index contributed by atoms with van der Waals surface area (Å²) in [5, 5.41) is 3.29. The zero-order valence-electron chi connectivity index (χ0n) is 14.8. The fourth-order valence-corrected chi connectivity index (χ4v) is 2.90. The van der Waals surface area contributed by atoms with Crippen LogP contribution in [0.25, 0.3) is 11.5 Å². The molecule has 4 rings (SSSR count). The third-order valence-corrected chi connectivity index (χ3v) is 4.28. The van der Waals surface area contributed by atoms with Crippen molar-refractivity contribution in [3.05, 3.63) is 54.3 Å². The molecule has 0 aliphatic carbocycles. The van der Waals surface area contributed by atoms with E-state index < -0.39 is 12.1 Å². The molecule has 0 spiro atoms. The van der Waals surface area contributed by atoms with E-state index in [2.05, 4.69) is 24.6 Å². The molecule has 11 heteroatoms. The number of nitrogens with zero attached hydrogens (tertiary/aromatic N) is 5. The van der Waals surface area contributed by atoms with E-state index in [-0.39, 0.29) is 23.5 Å². The summed E-state index contributed by atoms with van der Waals surface area (Å²) in [4.78, 5) is 25.4. The summed E-state index contributed by atoms with van der Waals surface area (Å²) >= 11 is 0. The van der Waals surface area contributed by atoms with Crippen LogP contribution >= 0.6 is 0 Å². The molecule has 1 amide bonds. The number of rotatable bonds is 4. The van der Waals surface area contributed by atoms with E-state index in [1.54, 1.807) is 29.3 Å². The Kier molecular flexibility index (Phi) is 4.87. The number of alkyl halides is 3. The Morgan fingerprint density at radius 2 is 2.10 bits per heavy atom. The number of likely N-dealkylation sites (tertiary alicyclic amines) is 1. The van der Waals surface area contributed by atoms with Gasteiger partial charge >= 0.3 is 12.1 Å². The molecule has 1 atom stereocenters. The minimum atomic E-state index is -4.71. The highest BCUT2D eigenvalue weighted by atomic mass is 19.4. The van der Waals surface area contributed by atoms with Crippen LogP contribution in [-0.4, -0.2) is 50.1 Å². The van der Waals surface area contributed by atoms with Gasteiger partial charge in [-0.1, -0.05) is 5.16 Å². The lowest BCUT2D eigenvalue weighted by Gasteiger charge is -2.17. The molecule has 1 fully saturated rings. The van der Waals surface area contributed by atoms with Crippen LogP contribution in [0, 0.1) is 0 Å². The Balaban J connectivity index is 1.37. The monoisotopic (exact) mass is 405 g/mol. The molecule has 3 aromatic rings. The first-order valence-corrected chi connectivity index (χ1v) is 8.63. The van der Waals surface area contributed by atoms with Crippen molar-refractivity contribution < 1.29 is 27.2 Å². The summed E-state index contributed by atoms with van der Waals surface area (Å²) in [5.41, 5.74) is 0.633. The Hall–Kier alpha value is -3.50. The quantitative estimate of drug-likeness (QED) is 0.659. The second kappa shape index (κ2) is 7.49. The lowest BCUT2D eigenvalue weighted by molar-refractivity contribution is -0.159. The van der Waals surface area contributed by atoms with E-state index in [1.165, 1.54) is 18.5 Å². The Bertz CT molecular complexity index is 992. The van der Waals surface area contributed by atoms with Crippen molar-refractivity contribution in [3.8, 4) is 17.3 Å². The van der Waals surface area contributed by atoms with Gasteiger partial charge in [-0.3, -0.25) is 9.78 Å². The average Bonchev–Trinajstić information content (AvgIpc) is 3.38. The number of ether oxygens (including phenoxy) is 1. The van der Waals surface area contributed by atoms with Crippen molar-refractivity contribution in [3.63, 3.8) is 0 Å². The van der Waals surface area contributed by atoms with Gasteiger partial charge in [0.25, 0.3) is 5.91 Å². The van der Waals surface area contributed by atoms with Crippen LogP contribution in [0.5, 0.6) is 5.75 Å². The van der Waals surface area contributed by atoms with Gasteiger partial charge in [-0.05, 0) is 24.3 Å². The summed E-state index contributed by atoms with van der Waals surface area (Å²) in [6.45, 7) is 0.961. The summed E-state index contributed by atoms with van der Waals surface area (Å²) in [5.74, 6) is -1.39. The number of amides is 1. The van der Waals surface area contributed by atoms with Crippen molar-refractivity contribution in [2.24, 2.45) is 0 Å². The van der Waals surface area contributed by atoms with Crippen molar-refractivity contribution in [2.75, 3.05) is 13.1 Å². The molecule has 1 aliphatic rings. The summed E-state index contributed by atoms with van der Waals surface area (Å²) < 4.78 is 47.6. The third kappa shape index (κ3) is 4.18. The number of hydrogen-bond acceptors (Lipinski definition) is 7. The second-order valence-corrected chi connectivity index (χ2v) is 6.32. The molecule has 0 N–H and O–H groups in total. The van der Waals surface area contributed by atoms with Crippen LogP contribution in [0.3, 0.4) is 0 Å². The molecule has 1 aliphatic heterocycles. The van der Waals surface area contributed by atoms with Gasteiger partial charge in [0.2, 0.25) is 5.82 Å². The van der Waals surface area contributed by atoms with E-state index >= 15 is 0 Å². The van der Waals surface area contributed by atoms with Crippen LogP contribution in [0.1, 0.15) is 22.7 Å². The molecule has 29 heavy (non-hydrogen) atoms. The topological polar surface area (TPSA) is 94.2 Å². The lowest BCUT2D eigenvalue weighted by Crippen LogP contribution is -2.31. The Labute approximate surface area is 162 Å². The zero-order chi connectivity index (χ0) is 20.4. The van der Waals surface area contributed by atoms with E-state index in [4.69, 9.17) is 4.74 Å². The van der Waals surface area contributed by atoms with Crippen LogP contribution in [0.2, 0.25) is 0 Å². The molecule has 0 saturated carbocycles. The van der Waals surface area contributed by atoms with Gasteiger partial charge in [0, 0.05) is 25.4 Å². The highest BCUT2D eigenvalue weighted by Crippen LogP contribution is 2.29. The molecule has 3 aromatic heterocycles. The van der Waals surface area contributed by atoms with Crippen molar-refractivity contribution in [1.29, 1.82) is 0 Å². The van der Waals surface area contributed by atoms with Crippen LogP contribution in [-0.2, 0) is 6.18 Å². The van der Waals surface area contributed by atoms with Gasteiger partial charge in [0.1, 0.15) is 17.5 Å². The SMILES string of the molecule is O=C(c1cccnc1)N1CC[C@@H](Oc2ccc(-c3noc(C(F)(F)F)n3)nc2)C1. The van der Waals surface area contributed by atoms with Crippen molar-refractivity contribution in [2.45, 2.75) is 18.7 Å². The minimum absolute atomic E-state index is 0.116. The van der Waals surface area contributed by atoms with E-state index in [9.17, 15) is 18.0 Å². The first-order valence-electron chi connectivity index (χ1n) is 8.63. The Morgan fingerprint density at radius 1 is 1.24 bits per heavy atom. The predicted molar refractivity (Wildman–Crippen MR) is 91.7 cm³/mol. The van der Waals surface area contributed by atoms with Gasteiger partial charge in [-0.25, -0.2) is 4.98 Å².